The van der Waals surface area contributed by atoms with Crippen LogP contribution in [-0.2, 0) is 0 Å². The molecule has 3 heteroatoms. The molecule has 2 rings (SSSR count). The summed E-state index contributed by atoms with van der Waals surface area (Å²) in [6, 6.07) is 9.34. The average molecular weight is 218 g/mol. The zero-order chi connectivity index (χ0) is 10.8. The molecule has 0 radical (unpaired) electrons. The number of hydrogen-bond donors (Lipinski definition) is 1. The molecule has 2 nitrogen and oxygen atoms in total. The average Bonchev–Trinajstić information content (AvgIpc) is 2.69. The lowest BCUT2D eigenvalue weighted by atomic mass is 10.1. The molecule has 1 aromatic carbocycles. The number of hydrogen-bond acceptors (Lipinski definition) is 2. The highest BCUT2D eigenvalue weighted by Gasteiger charge is 2.06. The minimum absolute atomic E-state index is 0.346. The molecule has 15 heavy (non-hydrogen) atoms. The number of carboxylic acids is 1. The van der Waals surface area contributed by atoms with Crippen molar-refractivity contribution in [3.63, 3.8) is 0 Å². The molecule has 0 spiro atoms. The lowest BCUT2D eigenvalue weighted by molar-refractivity contribution is 0.0697. The van der Waals surface area contributed by atoms with Crippen LogP contribution < -0.4 is 0 Å². The molecule has 1 aromatic heterocycles. The quantitative estimate of drug-likeness (QED) is 0.838. The number of benzene rings is 1. The summed E-state index contributed by atoms with van der Waals surface area (Å²) in [6.45, 7) is 1.91. The Bertz CT molecular complexity index is 486. The van der Waals surface area contributed by atoms with E-state index in [0.717, 1.165) is 16.0 Å². The Morgan fingerprint density at radius 2 is 2.13 bits per heavy atom. The van der Waals surface area contributed by atoms with Crippen molar-refractivity contribution >= 4 is 17.3 Å². The molecule has 1 N–H and O–H groups in total. The van der Waals surface area contributed by atoms with E-state index < -0.39 is 5.97 Å². The fraction of sp³-hybridized carbons (Fsp3) is 0.0833. The Morgan fingerprint density at radius 3 is 2.73 bits per heavy atom. The standard InChI is InChI=1S/C12H10O2S/c1-8-5-9(11-3-2-4-15-11)7-10(6-8)12(13)14/h2-7H,1H3,(H,13,14). The summed E-state index contributed by atoms with van der Waals surface area (Å²) >= 11 is 1.61. The van der Waals surface area contributed by atoms with Crippen LogP contribution in [0.25, 0.3) is 10.4 Å². The van der Waals surface area contributed by atoms with Gasteiger partial charge in [-0.2, -0.15) is 0 Å². The number of carbonyl (C=O) groups is 1. The predicted molar refractivity (Wildman–Crippen MR) is 61.5 cm³/mol. The highest BCUT2D eigenvalue weighted by atomic mass is 32.1. The second-order valence-corrected chi connectivity index (χ2v) is 4.32. The van der Waals surface area contributed by atoms with E-state index in [1.54, 1.807) is 23.5 Å². The van der Waals surface area contributed by atoms with Crippen molar-refractivity contribution in [2.45, 2.75) is 6.92 Å². The highest BCUT2D eigenvalue weighted by molar-refractivity contribution is 7.13. The Morgan fingerprint density at radius 1 is 1.33 bits per heavy atom. The van der Waals surface area contributed by atoms with Crippen LogP contribution in [0.4, 0.5) is 0 Å². The zero-order valence-electron chi connectivity index (χ0n) is 8.23. The largest absolute Gasteiger partial charge is 0.478 e. The number of rotatable bonds is 2. The van der Waals surface area contributed by atoms with E-state index >= 15 is 0 Å². The normalized spacial score (nSPS) is 10.2. The van der Waals surface area contributed by atoms with Gasteiger partial charge >= 0.3 is 5.97 Å². The summed E-state index contributed by atoms with van der Waals surface area (Å²) in [5.74, 6) is -0.878. The van der Waals surface area contributed by atoms with E-state index in [2.05, 4.69) is 0 Å². The van der Waals surface area contributed by atoms with Gasteiger partial charge in [0.25, 0.3) is 0 Å². The van der Waals surface area contributed by atoms with E-state index in [-0.39, 0.29) is 0 Å². The third-order valence-corrected chi connectivity index (χ3v) is 3.05. The van der Waals surface area contributed by atoms with Gasteiger partial charge in [0.05, 0.1) is 5.56 Å². The minimum Gasteiger partial charge on any atom is -0.478 e. The summed E-state index contributed by atoms with van der Waals surface area (Å²) in [7, 11) is 0. The molecule has 0 unspecified atom stereocenters. The Labute approximate surface area is 91.8 Å². The van der Waals surface area contributed by atoms with Crippen LogP contribution in [0.1, 0.15) is 15.9 Å². The van der Waals surface area contributed by atoms with Crippen LogP contribution in [0.15, 0.2) is 35.7 Å². The van der Waals surface area contributed by atoms with Gasteiger partial charge in [-0.1, -0.05) is 12.1 Å². The molecule has 0 aliphatic carbocycles. The lowest BCUT2D eigenvalue weighted by Crippen LogP contribution is -1.96. The second kappa shape index (κ2) is 3.87. The first-order valence-electron chi connectivity index (χ1n) is 4.55. The third-order valence-electron chi connectivity index (χ3n) is 2.13. The van der Waals surface area contributed by atoms with Crippen LogP contribution >= 0.6 is 11.3 Å². The molecule has 0 bridgehead atoms. The number of carboxylic acid groups (broad SMARTS) is 1. The van der Waals surface area contributed by atoms with Crippen LogP contribution in [0.2, 0.25) is 0 Å². The predicted octanol–water partition coefficient (Wildman–Crippen LogP) is 3.42. The summed E-state index contributed by atoms with van der Waals surface area (Å²) in [5.41, 5.74) is 2.29. The van der Waals surface area contributed by atoms with Gasteiger partial charge in [-0.05, 0) is 41.6 Å². The SMILES string of the molecule is Cc1cc(C(=O)O)cc(-c2cccs2)c1. The van der Waals surface area contributed by atoms with Gasteiger partial charge in [0.1, 0.15) is 0 Å². The number of thiophene rings is 1. The van der Waals surface area contributed by atoms with Gasteiger partial charge in [-0.3, -0.25) is 0 Å². The molecule has 0 atom stereocenters. The summed E-state index contributed by atoms with van der Waals surface area (Å²) in [6.07, 6.45) is 0. The summed E-state index contributed by atoms with van der Waals surface area (Å²) in [4.78, 5) is 12.0. The molecular weight excluding hydrogens is 208 g/mol. The van der Waals surface area contributed by atoms with Gasteiger partial charge in [0.2, 0.25) is 0 Å². The molecule has 2 aromatic rings. The highest BCUT2D eigenvalue weighted by Crippen LogP contribution is 2.26. The maximum absolute atomic E-state index is 10.9. The van der Waals surface area contributed by atoms with Gasteiger partial charge in [0.15, 0.2) is 0 Å². The van der Waals surface area contributed by atoms with E-state index in [1.165, 1.54) is 0 Å². The Kier molecular flexibility index (Phi) is 2.56. The molecule has 0 saturated heterocycles. The monoisotopic (exact) mass is 218 g/mol. The maximum atomic E-state index is 10.9. The topological polar surface area (TPSA) is 37.3 Å². The van der Waals surface area contributed by atoms with Crippen molar-refractivity contribution < 1.29 is 9.90 Å². The van der Waals surface area contributed by atoms with Gasteiger partial charge in [-0.15, -0.1) is 11.3 Å². The summed E-state index contributed by atoms with van der Waals surface area (Å²) in [5, 5.41) is 10.9. The van der Waals surface area contributed by atoms with Crippen LogP contribution in [0, 0.1) is 6.92 Å². The fourth-order valence-electron chi connectivity index (χ4n) is 1.49. The first kappa shape index (κ1) is 9.93. The molecule has 76 valence electrons. The molecule has 0 saturated carbocycles. The third kappa shape index (κ3) is 2.07. The molecule has 0 amide bonds. The van der Waals surface area contributed by atoms with Crippen molar-refractivity contribution in [1.82, 2.24) is 0 Å². The van der Waals surface area contributed by atoms with Crippen molar-refractivity contribution in [2.75, 3.05) is 0 Å². The number of aromatic carboxylic acids is 1. The van der Waals surface area contributed by atoms with E-state index in [0.29, 0.717) is 5.56 Å². The smallest absolute Gasteiger partial charge is 0.335 e. The molecule has 0 fully saturated rings. The first-order valence-corrected chi connectivity index (χ1v) is 5.43. The molecular formula is C12H10O2S. The summed E-state index contributed by atoms with van der Waals surface area (Å²) < 4.78 is 0. The molecule has 0 aliphatic heterocycles. The van der Waals surface area contributed by atoms with E-state index in [1.807, 2.05) is 30.5 Å². The van der Waals surface area contributed by atoms with E-state index in [4.69, 9.17) is 5.11 Å². The first-order chi connectivity index (χ1) is 7.16. The van der Waals surface area contributed by atoms with Gasteiger partial charge < -0.3 is 5.11 Å². The van der Waals surface area contributed by atoms with Crippen molar-refractivity contribution in [1.29, 1.82) is 0 Å². The minimum atomic E-state index is -0.878. The van der Waals surface area contributed by atoms with Gasteiger partial charge in [0, 0.05) is 4.88 Å². The fourth-order valence-corrected chi connectivity index (χ4v) is 2.21. The second-order valence-electron chi connectivity index (χ2n) is 3.37. The van der Waals surface area contributed by atoms with Crippen LogP contribution in [0.5, 0.6) is 0 Å². The number of aryl methyl sites for hydroxylation is 1. The Balaban J connectivity index is 2.54. The van der Waals surface area contributed by atoms with Crippen molar-refractivity contribution in [3.05, 3.63) is 46.8 Å². The van der Waals surface area contributed by atoms with Crippen LogP contribution in [0.3, 0.4) is 0 Å². The maximum Gasteiger partial charge on any atom is 0.335 e. The zero-order valence-corrected chi connectivity index (χ0v) is 9.04. The van der Waals surface area contributed by atoms with Gasteiger partial charge in [-0.25, -0.2) is 4.79 Å². The molecule has 0 aliphatic rings. The van der Waals surface area contributed by atoms with Crippen molar-refractivity contribution in [2.24, 2.45) is 0 Å². The van der Waals surface area contributed by atoms with Crippen LogP contribution in [-0.4, -0.2) is 11.1 Å². The molecule has 1 heterocycles. The van der Waals surface area contributed by atoms with Crippen molar-refractivity contribution in [3.8, 4) is 10.4 Å². The lowest BCUT2D eigenvalue weighted by Gasteiger charge is -2.02. The van der Waals surface area contributed by atoms with E-state index in [9.17, 15) is 4.79 Å². The Hall–Kier alpha value is -1.61.